The molecule has 3 heterocycles. The van der Waals surface area contributed by atoms with Crippen molar-refractivity contribution in [3.63, 3.8) is 0 Å². The molecule has 5 nitrogen and oxygen atoms in total. The lowest BCUT2D eigenvalue weighted by Crippen LogP contribution is -2.34. The summed E-state index contributed by atoms with van der Waals surface area (Å²) in [6.07, 6.45) is 4.26. The van der Waals surface area contributed by atoms with Gasteiger partial charge in [-0.15, -0.1) is 0 Å². The Morgan fingerprint density at radius 1 is 1.25 bits per heavy atom. The van der Waals surface area contributed by atoms with E-state index in [2.05, 4.69) is 38.5 Å². The van der Waals surface area contributed by atoms with E-state index in [1.54, 1.807) is 0 Å². The van der Waals surface area contributed by atoms with Crippen LogP contribution in [0.4, 0.5) is 0 Å². The average Bonchev–Trinajstić information content (AvgIpc) is 2.82. The maximum atomic E-state index is 9.18. The molecule has 0 amide bonds. The molecule has 0 unspecified atom stereocenters. The van der Waals surface area contributed by atoms with E-state index in [9.17, 15) is 5.11 Å². The molecule has 2 aromatic heterocycles. The van der Waals surface area contributed by atoms with E-state index in [1.807, 2.05) is 6.92 Å². The molecule has 5 heteroatoms. The number of nitrogens with zero attached hydrogens (tertiary/aromatic N) is 4. The third-order valence-corrected chi connectivity index (χ3v) is 4.16. The molecule has 108 valence electrons. The average molecular weight is 274 g/mol. The number of imidazole rings is 1. The maximum Gasteiger partial charge on any atom is 0.234 e. The Morgan fingerprint density at radius 3 is 2.70 bits per heavy atom. The summed E-state index contributed by atoms with van der Waals surface area (Å²) in [7, 11) is 0. The van der Waals surface area contributed by atoms with Gasteiger partial charge in [-0.2, -0.15) is 0 Å². The highest BCUT2D eigenvalue weighted by Crippen LogP contribution is 2.18. The van der Waals surface area contributed by atoms with E-state index in [4.69, 9.17) is 0 Å². The van der Waals surface area contributed by atoms with Crippen LogP contribution in [-0.2, 0) is 6.54 Å². The topological polar surface area (TPSA) is 53.7 Å². The van der Waals surface area contributed by atoms with Gasteiger partial charge in [0.2, 0.25) is 5.78 Å². The number of likely N-dealkylation sites (tertiary alicyclic amines) is 1. The first kappa shape index (κ1) is 13.5. The lowest BCUT2D eigenvalue weighted by Gasteiger charge is -2.30. The molecule has 0 bridgehead atoms. The molecule has 0 aliphatic carbocycles. The van der Waals surface area contributed by atoms with Crippen molar-refractivity contribution in [2.45, 2.75) is 33.2 Å². The molecule has 0 aromatic carbocycles. The van der Waals surface area contributed by atoms with Crippen LogP contribution < -0.4 is 0 Å². The highest BCUT2D eigenvalue weighted by Gasteiger charge is 2.19. The molecule has 0 saturated carbocycles. The maximum absolute atomic E-state index is 9.18. The van der Waals surface area contributed by atoms with E-state index in [-0.39, 0.29) is 0 Å². The van der Waals surface area contributed by atoms with Crippen LogP contribution in [0.2, 0.25) is 0 Å². The van der Waals surface area contributed by atoms with Gasteiger partial charge in [0.05, 0.1) is 5.69 Å². The minimum atomic E-state index is 0.324. The van der Waals surface area contributed by atoms with Crippen molar-refractivity contribution in [3.05, 3.63) is 29.3 Å². The molecule has 0 radical (unpaired) electrons. The van der Waals surface area contributed by atoms with E-state index in [0.29, 0.717) is 12.5 Å². The molecular formula is C15H22N4O. The zero-order valence-corrected chi connectivity index (χ0v) is 12.2. The van der Waals surface area contributed by atoms with Crippen LogP contribution in [0.15, 0.2) is 12.3 Å². The Labute approximate surface area is 119 Å². The summed E-state index contributed by atoms with van der Waals surface area (Å²) < 4.78 is 2.06. The Hall–Kier alpha value is -1.46. The van der Waals surface area contributed by atoms with Gasteiger partial charge in [-0.3, -0.25) is 9.30 Å². The first-order valence-electron chi connectivity index (χ1n) is 7.31. The largest absolute Gasteiger partial charge is 0.396 e. The smallest absolute Gasteiger partial charge is 0.234 e. The molecular weight excluding hydrogens is 252 g/mol. The van der Waals surface area contributed by atoms with Crippen LogP contribution >= 0.6 is 0 Å². The number of fused-ring (bicyclic) bond motifs is 1. The van der Waals surface area contributed by atoms with Crippen LogP contribution in [0.25, 0.3) is 5.78 Å². The van der Waals surface area contributed by atoms with Gasteiger partial charge in [-0.05, 0) is 51.8 Å². The normalized spacial score (nSPS) is 17.9. The van der Waals surface area contributed by atoms with Crippen molar-refractivity contribution >= 4 is 5.78 Å². The summed E-state index contributed by atoms with van der Waals surface area (Å²) >= 11 is 0. The molecule has 1 saturated heterocycles. The van der Waals surface area contributed by atoms with Crippen molar-refractivity contribution in [2.24, 2.45) is 5.92 Å². The van der Waals surface area contributed by atoms with Crippen molar-refractivity contribution in [1.29, 1.82) is 0 Å². The quantitative estimate of drug-likeness (QED) is 0.922. The highest BCUT2D eigenvalue weighted by molar-refractivity contribution is 5.34. The Balaban J connectivity index is 1.74. The summed E-state index contributed by atoms with van der Waals surface area (Å²) in [5, 5.41) is 9.18. The molecule has 1 fully saturated rings. The van der Waals surface area contributed by atoms with Crippen LogP contribution in [0, 0.1) is 19.8 Å². The van der Waals surface area contributed by atoms with Gasteiger partial charge in [-0.1, -0.05) is 0 Å². The van der Waals surface area contributed by atoms with Gasteiger partial charge in [0.25, 0.3) is 0 Å². The summed E-state index contributed by atoms with van der Waals surface area (Å²) in [6.45, 7) is 7.38. The van der Waals surface area contributed by atoms with Crippen LogP contribution in [0.5, 0.6) is 0 Å². The number of hydrogen-bond acceptors (Lipinski definition) is 4. The number of piperidine rings is 1. The number of rotatable bonds is 3. The monoisotopic (exact) mass is 274 g/mol. The summed E-state index contributed by atoms with van der Waals surface area (Å²) in [4.78, 5) is 11.5. The van der Waals surface area contributed by atoms with Gasteiger partial charge in [0, 0.05) is 30.7 Å². The first-order valence-corrected chi connectivity index (χ1v) is 7.31. The minimum Gasteiger partial charge on any atom is -0.396 e. The number of aliphatic hydroxyl groups excluding tert-OH is 1. The zero-order chi connectivity index (χ0) is 14.1. The minimum absolute atomic E-state index is 0.324. The predicted octanol–water partition coefficient (Wildman–Crippen LogP) is 1.55. The second-order valence-electron chi connectivity index (χ2n) is 5.84. The standard InChI is InChI=1S/C15H22N4O/c1-11-7-12(2)19-9-14(17-15(19)16-11)8-18-5-3-13(10-20)4-6-18/h7,9,13,20H,3-6,8,10H2,1-2H3. The highest BCUT2D eigenvalue weighted by atomic mass is 16.3. The molecule has 1 N–H and O–H groups in total. The Kier molecular flexibility index (Phi) is 3.72. The number of hydrogen-bond donors (Lipinski definition) is 1. The molecule has 20 heavy (non-hydrogen) atoms. The molecule has 1 aliphatic heterocycles. The lowest BCUT2D eigenvalue weighted by atomic mass is 9.98. The summed E-state index contributed by atoms with van der Waals surface area (Å²) in [6, 6.07) is 2.07. The SMILES string of the molecule is Cc1cc(C)n2cc(CN3CCC(CO)CC3)nc2n1. The molecule has 0 spiro atoms. The van der Waals surface area contributed by atoms with Gasteiger partial charge < -0.3 is 5.11 Å². The van der Waals surface area contributed by atoms with E-state index < -0.39 is 0 Å². The fourth-order valence-electron chi connectivity index (χ4n) is 2.95. The van der Waals surface area contributed by atoms with Crippen molar-refractivity contribution in [1.82, 2.24) is 19.3 Å². The van der Waals surface area contributed by atoms with Crippen molar-refractivity contribution in [2.75, 3.05) is 19.7 Å². The molecule has 0 atom stereocenters. The molecule has 3 rings (SSSR count). The Bertz CT molecular complexity index is 599. The third kappa shape index (κ3) is 2.69. The lowest BCUT2D eigenvalue weighted by molar-refractivity contribution is 0.126. The fourth-order valence-corrected chi connectivity index (χ4v) is 2.95. The van der Waals surface area contributed by atoms with E-state index >= 15 is 0 Å². The number of aryl methyl sites for hydroxylation is 2. The summed E-state index contributed by atoms with van der Waals surface area (Å²) in [5.74, 6) is 1.28. The fraction of sp³-hybridized carbons (Fsp3) is 0.600. The third-order valence-electron chi connectivity index (χ3n) is 4.16. The van der Waals surface area contributed by atoms with Crippen LogP contribution in [0.1, 0.15) is 29.9 Å². The van der Waals surface area contributed by atoms with Gasteiger partial charge in [0.15, 0.2) is 0 Å². The second kappa shape index (κ2) is 5.50. The number of aromatic nitrogens is 3. The summed E-state index contributed by atoms with van der Waals surface area (Å²) in [5.41, 5.74) is 3.26. The number of aliphatic hydroxyl groups is 1. The molecule has 1 aliphatic rings. The first-order chi connectivity index (χ1) is 9.65. The molecule has 2 aromatic rings. The van der Waals surface area contributed by atoms with Gasteiger partial charge >= 0.3 is 0 Å². The van der Waals surface area contributed by atoms with Gasteiger partial charge in [-0.25, -0.2) is 9.97 Å². The van der Waals surface area contributed by atoms with Crippen molar-refractivity contribution < 1.29 is 5.11 Å². The van der Waals surface area contributed by atoms with E-state index in [0.717, 1.165) is 49.6 Å². The van der Waals surface area contributed by atoms with Crippen LogP contribution in [0.3, 0.4) is 0 Å². The van der Waals surface area contributed by atoms with Crippen molar-refractivity contribution in [3.8, 4) is 0 Å². The zero-order valence-electron chi connectivity index (χ0n) is 12.2. The predicted molar refractivity (Wildman–Crippen MR) is 77.5 cm³/mol. The van der Waals surface area contributed by atoms with Crippen LogP contribution in [-0.4, -0.2) is 44.1 Å². The van der Waals surface area contributed by atoms with Gasteiger partial charge in [0.1, 0.15) is 0 Å². The van der Waals surface area contributed by atoms with E-state index in [1.165, 1.54) is 5.69 Å². The Morgan fingerprint density at radius 2 is 2.00 bits per heavy atom. The second-order valence-corrected chi connectivity index (χ2v) is 5.84.